The predicted molar refractivity (Wildman–Crippen MR) is 135 cm³/mol. The molecule has 0 saturated heterocycles. The van der Waals surface area contributed by atoms with Gasteiger partial charge < -0.3 is 4.90 Å². The van der Waals surface area contributed by atoms with Crippen LogP contribution in [-0.2, 0) is 6.54 Å². The lowest BCUT2D eigenvalue weighted by molar-refractivity contribution is 0.0831. The topological polar surface area (TPSA) is 64.3 Å². The molecule has 2 aromatic carbocycles. The Kier molecular flexibility index (Phi) is 6.22. The molecular weight excluding hydrogens is 481 g/mol. The van der Waals surface area contributed by atoms with Gasteiger partial charge in [0.1, 0.15) is 4.83 Å². The highest BCUT2D eigenvalue weighted by Gasteiger charge is 2.25. The second-order valence-corrected chi connectivity index (χ2v) is 9.78. The molecule has 0 N–H and O–H groups in total. The number of carbonyl (C=O) groups excluding carboxylic acids is 1. The summed E-state index contributed by atoms with van der Waals surface area (Å²) >= 11 is 13.4. The number of fused-ring (bicyclic) bond motifs is 1. The highest BCUT2D eigenvalue weighted by molar-refractivity contribution is 7.20. The maximum atomic E-state index is 13.7. The maximum absolute atomic E-state index is 13.7. The number of nitrogens with zero attached hydrogens (tertiary/aromatic N) is 3. The molecule has 6 nitrogen and oxygen atoms in total. The third-order valence-corrected chi connectivity index (χ3v) is 7.61. The lowest BCUT2D eigenvalue weighted by Gasteiger charge is -2.14. The molecule has 9 heteroatoms. The van der Waals surface area contributed by atoms with Gasteiger partial charge in [-0.05, 0) is 48.7 Å². The van der Waals surface area contributed by atoms with Crippen molar-refractivity contribution in [1.82, 2.24) is 14.0 Å². The first-order chi connectivity index (χ1) is 15.6. The molecule has 170 valence electrons. The minimum atomic E-state index is -0.515. The summed E-state index contributed by atoms with van der Waals surface area (Å²) < 4.78 is 2.64. The smallest absolute Gasteiger partial charge is 0.337 e. The quantitative estimate of drug-likeness (QED) is 0.399. The Morgan fingerprint density at radius 2 is 1.73 bits per heavy atom. The Labute approximate surface area is 204 Å². The molecule has 2 heterocycles. The number of benzene rings is 2. The molecule has 2 aromatic heterocycles. The van der Waals surface area contributed by atoms with Crippen LogP contribution in [0.1, 0.15) is 26.4 Å². The summed E-state index contributed by atoms with van der Waals surface area (Å²) in [5.41, 5.74) is 1.80. The Bertz CT molecular complexity index is 1530. The molecule has 0 aliphatic rings. The molecule has 0 radical (unpaired) electrons. The Morgan fingerprint density at radius 3 is 2.36 bits per heavy atom. The van der Waals surface area contributed by atoms with E-state index in [1.165, 1.54) is 11.0 Å². The van der Waals surface area contributed by atoms with Crippen LogP contribution in [0.3, 0.4) is 0 Å². The van der Waals surface area contributed by atoms with E-state index in [1.54, 1.807) is 37.7 Å². The fourth-order valence-electron chi connectivity index (χ4n) is 3.70. The van der Waals surface area contributed by atoms with Crippen LogP contribution < -0.4 is 11.2 Å². The van der Waals surface area contributed by atoms with Gasteiger partial charge in [0, 0.05) is 14.1 Å². The largest absolute Gasteiger partial charge is 0.344 e. The van der Waals surface area contributed by atoms with E-state index < -0.39 is 11.2 Å². The van der Waals surface area contributed by atoms with Gasteiger partial charge in [-0.25, -0.2) is 9.36 Å². The molecule has 0 atom stereocenters. The number of thiophene rings is 1. The molecule has 4 aromatic rings. The molecule has 0 fully saturated rings. The fourth-order valence-corrected chi connectivity index (χ4v) is 5.31. The zero-order valence-corrected chi connectivity index (χ0v) is 20.8. The van der Waals surface area contributed by atoms with Crippen LogP contribution >= 0.6 is 34.5 Å². The third-order valence-electron chi connectivity index (χ3n) is 5.56. The molecule has 0 aliphatic heterocycles. The van der Waals surface area contributed by atoms with Gasteiger partial charge >= 0.3 is 5.69 Å². The van der Waals surface area contributed by atoms with Crippen molar-refractivity contribution in [2.75, 3.05) is 14.1 Å². The highest BCUT2D eigenvalue weighted by atomic mass is 35.5. The summed E-state index contributed by atoms with van der Waals surface area (Å²) in [5.74, 6) is -0.218. The van der Waals surface area contributed by atoms with Crippen molar-refractivity contribution in [3.63, 3.8) is 0 Å². The Balaban J connectivity index is 2.11. The van der Waals surface area contributed by atoms with E-state index in [4.69, 9.17) is 23.2 Å². The molecule has 0 aliphatic carbocycles. The number of amides is 1. The molecular formula is C24H21Cl2N3O3S. The summed E-state index contributed by atoms with van der Waals surface area (Å²) in [6.07, 6.45) is 0. The Hall–Kier alpha value is -2.87. The predicted octanol–water partition coefficient (Wildman–Crippen LogP) is 4.89. The van der Waals surface area contributed by atoms with Crippen LogP contribution in [0.25, 0.3) is 15.9 Å². The fraction of sp³-hybridized carbons (Fsp3) is 0.208. The molecule has 1 amide bonds. The van der Waals surface area contributed by atoms with Crippen molar-refractivity contribution >= 4 is 50.7 Å². The summed E-state index contributed by atoms with van der Waals surface area (Å²) in [7, 11) is 3.31. The first kappa shape index (κ1) is 23.3. The summed E-state index contributed by atoms with van der Waals surface area (Å²) in [6, 6.07) is 12.3. The number of carbonyl (C=O) groups is 1. The van der Waals surface area contributed by atoms with Gasteiger partial charge in [-0.1, -0.05) is 47.5 Å². The van der Waals surface area contributed by atoms with Crippen LogP contribution in [-0.4, -0.2) is 34.0 Å². The van der Waals surface area contributed by atoms with E-state index in [-0.39, 0.29) is 17.5 Å². The van der Waals surface area contributed by atoms with Gasteiger partial charge in [0.15, 0.2) is 0 Å². The van der Waals surface area contributed by atoms with Crippen LogP contribution in [0.2, 0.25) is 10.0 Å². The monoisotopic (exact) mass is 501 g/mol. The molecule has 0 saturated carbocycles. The number of aromatic nitrogens is 2. The van der Waals surface area contributed by atoms with Crippen molar-refractivity contribution in [3.05, 3.63) is 94.9 Å². The third kappa shape index (κ3) is 4.01. The van der Waals surface area contributed by atoms with Crippen molar-refractivity contribution < 1.29 is 4.79 Å². The standard InChI is InChI=1S/C24H21Cl2N3O3S/c1-13-7-5-6-8-15(13)12-28-23-19(14(2)20(33-23)22(31)27(3)4)21(30)29(24(28)32)16-9-10-17(25)18(26)11-16/h5-11H,12H2,1-4H3. The van der Waals surface area contributed by atoms with Crippen molar-refractivity contribution in [2.24, 2.45) is 0 Å². The van der Waals surface area contributed by atoms with E-state index >= 15 is 0 Å². The maximum Gasteiger partial charge on any atom is 0.337 e. The van der Waals surface area contributed by atoms with Crippen molar-refractivity contribution in [1.29, 1.82) is 0 Å². The molecule has 0 bridgehead atoms. The minimum absolute atomic E-state index is 0.218. The molecule has 33 heavy (non-hydrogen) atoms. The van der Waals surface area contributed by atoms with Crippen LogP contribution in [0.5, 0.6) is 0 Å². The van der Waals surface area contributed by atoms with Crippen LogP contribution in [0, 0.1) is 13.8 Å². The van der Waals surface area contributed by atoms with Gasteiger partial charge in [0.25, 0.3) is 11.5 Å². The van der Waals surface area contributed by atoms with E-state index in [2.05, 4.69) is 0 Å². The lowest BCUT2D eigenvalue weighted by atomic mass is 10.1. The lowest BCUT2D eigenvalue weighted by Crippen LogP contribution is -2.39. The SMILES string of the molecule is Cc1ccccc1Cn1c(=O)n(-c2ccc(Cl)c(Cl)c2)c(=O)c2c(C)c(C(=O)N(C)C)sc21. The molecule has 4 rings (SSSR count). The van der Waals surface area contributed by atoms with E-state index in [1.807, 2.05) is 31.2 Å². The van der Waals surface area contributed by atoms with Gasteiger partial charge in [-0.15, -0.1) is 11.3 Å². The number of aryl methyl sites for hydroxylation is 2. The first-order valence-electron chi connectivity index (χ1n) is 10.1. The second-order valence-electron chi connectivity index (χ2n) is 7.97. The van der Waals surface area contributed by atoms with Gasteiger partial charge in [0.2, 0.25) is 0 Å². The average molecular weight is 502 g/mol. The Morgan fingerprint density at radius 1 is 1.03 bits per heavy atom. The highest BCUT2D eigenvalue weighted by Crippen LogP contribution is 2.30. The van der Waals surface area contributed by atoms with Gasteiger partial charge in [-0.2, -0.15) is 0 Å². The normalized spacial score (nSPS) is 11.2. The average Bonchev–Trinajstić information content (AvgIpc) is 3.11. The second kappa shape index (κ2) is 8.82. The van der Waals surface area contributed by atoms with E-state index in [9.17, 15) is 14.4 Å². The van der Waals surface area contributed by atoms with Gasteiger partial charge in [0.05, 0.1) is 32.5 Å². The zero-order chi connectivity index (χ0) is 24.0. The first-order valence-corrected chi connectivity index (χ1v) is 11.7. The summed E-state index contributed by atoms with van der Waals surface area (Å²) in [4.78, 5) is 42.5. The van der Waals surface area contributed by atoms with Gasteiger partial charge in [-0.3, -0.25) is 14.2 Å². The number of rotatable bonds is 4. The van der Waals surface area contributed by atoms with Crippen molar-refractivity contribution in [3.8, 4) is 5.69 Å². The zero-order valence-electron chi connectivity index (χ0n) is 18.5. The molecule has 0 unspecified atom stereocenters. The number of hydrogen-bond acceptors (Lipinski definition) is 4. The summed E-state index contributed by atoms with van der Waals surface area (Å²) in [5, 5.41) is 0.890. The van der Waals surface area contributed by atoms with Crippen molar-refractivity contribution in [2.45, 2.75) is 20.4 Å². The minimum Gasteiger partial charge on any atom is -0.344 e. The van der Waals surface area contributed by atoms with Crippen LogP contribution in [0.4, 0.5) is 0 Å². The van der Waals surface area contributed by atoms with E-state index in [0.717, 1.165) is 27.0 Å². The van der Waals surface area contributed by atoms with E-state index in [0.29, 0.717) is 31.4 Å². The van der Waals surface area contributed by atoms with Crippen LogP contribution in [0.15, 0.2) is 52.1 Å². The number of halogens is 2. The number of hydrogen-bond donors (Lipinski definition) is 0. The summed E-state index contributed by atoms with van der Waals surface area (Å²) in [6.45, 7) is 3.95. The molecule has 0 spiro atoms.